The van der Waals surface area contributed by atoms with Gasteiger partial charge in [-0.2, -0.15) is 0 Å². The van der Waals surface area contributed by atoms with Gasteiger partial charge in [0.25, 0.3) is 0 Å². The third kappa shape index (κ3) is 5.67. The Kier molecular flexibility index (Phi) is 7.97. The van der Waals surface area contributed by atoms with Crippen LogP contribution in [0.15, 0.2) is 60.1 Å². The van der Waals surface area contributed by atoms with E-state index in [1.54, 1.807) is 24.0 Å². The Hall–Kier alpha value is -3.99. The molecule has 2 aliphatic rings. The number of aliphatic hydroxyl groups is 1. The summed E-state index contributed by atoms with van der Waals surface area (Å²) in [6.07, 6.45) is 4.26. The highest BCUT2D eigenvalue weighted by molar-refractivity contribution is 7.13. The molecule has 45 heavy (non-hydrogen) atoms. The van der Waals surface area contributed by atoms with Gasteiger partial charge < -0.3 is 10.0 Å². The van der Waals surface area contributed by atoms with Gasteiger partial charge in [0, 0.05) is 41.4 Å². The van der Waals surface area contributed by atoms with Gasteiger partial charge in [-0.05, 0) is 92.7 Å². The van der Waals surface area contributed by atoms with Crippen LogP contribution in [0.4, 0.5) is 8.78 Å². The number of benzene rings is 2. The van der Waals surface area contributed by atoms with Gasteiger partial charge in [-0.3, -0.25) is 14.1 Å². The standard InChI is InChI=1S/C35H35F2N5O2S/c1-3-29-34(28-10-9-27(21(2)33(28)37)35-39-30(20-45-35)23-4-7-25(36)8-5-23)42-16-24(6-11-31(42)38-29)22-12-14-40(15-13-22)19-32(44)41-17-26(43)18-41/h4-11,16,20,22,26,43H,3,12-15,17-19H2,1-2H3. The Balaban J connectivity index is 1.14. The summed E-state index contributed by atoms with van der Waals surface area (Å²) in [6.45, 7) is 6.76. The number of carbonyl (C=O) groups excluding carboxylic acids is 1. The van der Waals surface area contributed by atoms with Crippen molar-refractivity contribution in [2.24, 2.45) is 0 Å². The zero-order chi connectivity index (χ0) is 31.2. The normalized spacial score (nSPS) is 16.4. The molecular formula is C35H35F2N5O2S. The number of aryl methyl sites for hydroxylation is 1. The summed E-state index contributed by atoms with van der Waals surface area (Å²) in [4.78, 5) is 26.0. The number of carbonyl (C=O) groups is 1. The maximum absolute atomic E-state index is 16.3. The van der Waals surface area contributed by atoms with Crippen LogP contribution in [0.25, 0.3) is 38.7 Å². The molecule has 0 spiro atoms. The average molecular weight is 628 g/mol. The molecule has 0 saturated carbocycles. The predicted octanol–water partition coefficient (Wildman–Crippen LogP) is 6.32. The fourth-order valence-corrected chi connectivity index (χ4v) is 7.42. The van der Waals surface area contributed by atoms with E-state index < -0.39 is 0 Å². The Bertz CT molecular complexity index is 1870. The van der Waals surface area contributed by atoms with Crippen LogP contribution in [0.5, 0.6) is 0 Å². The van der Waals surface area contributed by atoms with Crippen LogP contribution < -0.4 is 0 Å². The predicted molar refractivity (Wildman–Crippen MR) is 172 cm³/mol. The summed E-state index contributed by atoms with van der Waals surface area (Å²) in [5, 5.41) is 12.1. The number of halogens is 2. The van der Waals surface area contributed by atoms with E-state index in [4.69, 9.17) is 9.97 Å². The summed E-state index contributed by atoms with van der Waals surface area (Å²) in [7, 11) is 0. The number of imidazole rings is 1. The van der Waals surface area contributed by atoms with Crippen LogP contribution in [-0.4, -0.2) is 74.0 Å². The van der Waals surface area contributed by atoms with Crippen molar-refractivity contribution in [3.8, 4) is 33.1 Å². The molecule has 0 radical (unpaired) electrons. The number of likely N-dealkylation sites (tertiary alicyclic amines) is 2. The minimum Gasteiger partial charge on any atom is -0.389 e. The molecule has 5 aromatic rings. The van der Waals surface area contributed by atoms with E-state index in [1.165, 1.54) is 29.0 Å². The third-order valence-corrected chi connectivity index (χ3v) is 10.1. The summed E-state index contributed by atoms with van der Waals surface area (Å²) in [5.41, 5.74) is 6.90. The molecule has 3 aromatic heterocycles. The van der Waals surface area contributed by atoms with Crippen molar-refractivity contribution in [3.63, 3.8) is 0 Å². The smallest absolute Gasteiger partial charge is 0.236 e. The van der Waals surface area contributed by atoms with Crippen molar-refractivity contribution in [1.82, 2.24) is 24.2 Å². The van der Waals surface area contributed by atoms with E-state index >= 15 is 4.39 Å². The number of amides is 1. The highest BCUT2D eigenvalue weighted by Gasteiger charge is 2.31. The Morgan fingerprint density at radius 1 is 1.00 bits per heavy atom. The lowest BCUT2D eigenvalue weighted by atomic mass is 9.90. The van der Waals surface area contributed by atoms with E-state index in [1.807, 2.05) is 34.9 Å². The van der Waals surface area contributed by atoms with Crippen LogP contribution in [0.1, 0.15) is 42.5 Å². The molecule has 232 valence electrons. The lowest BCUT2D eigenvalue weighted by Gasteiger charge is -2.38. The topological polar surface area (TPSA) is 74.0 Å². The SMILES string of the molecule is CCc1nc2ccc(C3CCN(CC(=O)N4CC(O)C4)CC3)cn2c1-c1ccc(-c2nc(-c3ccc(F)cc3)cs2)c(C)c1F. The molecule has 2 fully saturated rings. The molecular weight excluding hydrogens is 592 g/mol. The first kappa shape index (κ1) is 29.7. The maximum Gasteiger partial charge on any atom is 0.236 e. The van der Waals surface area contributed by atoms with Gasteiger partial charge >= 0.3 is 0 Å². The van der Waals surface area contributed by atoms with Crippen LogP contribution >= 0.6 is 11.3 Å². The van der Waals surface area contributed by atoms with Gasteiger partial charge in [0.15, 0.2) is 0 Å². The summed E-state index contributed by atoms with van der Waals surface area (Å²) >= 11 is 1.44. The lowest BCUT2D eigenvalue weighted by Crippen LogP contribution is -2.56. The number of aromatic nitrogens is 3. The van der Waals surface area contributed by atoms with Crippen molar-refractivity contribution < 1.29 is 18.7 Å². The van der Waals surface area contributed by atoms with Gasteiger partial charge in [-0.15, -0.1) is 11.3 Å². The molecule has 0 aliphatic carbocycles. The highest BCUT2D eigenvalue weighted by atomic mass is 32.1. The second-order valence-electron chi connectivity index (χ2n) is 12.1. The number of rotatable bonds is 7. The molecule has 5 heterocycles. The number of aliphatic hydroxyl groups excluding tert-OH is 1. The van der Waals surface area contributed by atoms with Crippen molar-refractivity contribution in [2.75, 3.05) is 32.7 Å². The molecule has 0 atom stereocenters. The summed E-state index contributed by atoms with van der Waals surface area (Å²) in [6, 6.07) is 14.1. The van der Waals surface area contributed by atoms with Gasteiger partial charge in [-0.25, -0.2) is 18.7 Å². The molecule has 10 heteroatoms. The first-order valence-corrected chi connectivity index (χ1v) is 16.4. The highest BCUT2D eigenvalue weighted by Crippen LogP contribution is 2.37. The second kappa shape index (κ2) is 12.1. The Labute approximate surface area is 264 Å². The van der Waals surface area contributed by atoms with Crippen LogP contribution in [0.3, 0.4) is 0 Å². The number of fused-ring (bicyclic) bond motifs is 1. The van der Waals surface area contributed by atoms with Gasteiger partial charge in [0.05, 0.1) is 29.7 Å². The molecule has 2 aliphatic heterocycles. The number of nitrogens with zero attached hydrogens (tertiary/aromatic N) is 5. The molecule has 1 amide bonds. The Morgan fingerprint density at radius 2 is 1.73 bits per heavy atom. The number of hydrogen-bond acceptors (Lipinski definition) is 6. The van der Waals surface area contributed by atoms with Crippen LogP contribution in [0, 0.1) is 18.6 Å². The average Bonchev–Trinajstić information content (AvgIpc) is 3.66. The van der Waals surface area contributed by atoms with E-state index in [0.717, 1.165) is 59.8 Å². The van der Waals surface area contributed by atoms with Crippen molar-refractivity contribution in [1.29, 1.82) is 0 Å². The van der Waals surface area contributed by atoms with Crippen molar-refractivity contribution >= 4 is 22.9 Å². The molecule has 7 nitrogen and oxygen atoms in total. The summed E-state index contributed by atoms with van der Waals surface area (Å²) in [5.74, 6) is -0.170. The minimum atomic E-state index is -0.383. The maximum atomic E-state index is 16.3. The number of hydrogen-bond donors (Lipinski definition) is 1. The first-order valence-electron chi connectivity index (χ1n) is 15.5. The second-order valence-corrected chi connectivity index (χ2v) is 13.0. The zero-order valence-corrected chi connectivity index (χ0v) is 26.2. The van der Waals surface area contributed by atoms with Crippen molar-refractivity contribution in [3.05, 3.63) is 88.6 Å². The molecule has 0 unspecified atom stereocenters. The third-order valence-electron chi connectivity index (χ3n) is 9.20. The summed E-state index contributed by atoms with van der Waals surface area (Å²) < 4.78 is 31.7. The minimum absolute atomic E-state index is 0.0850. The quantitative estimate of drug-likeness (QED) is 0.229. The van der Waals surface area contributed by atoms with E-state index in [-0.39, 0.29) is 23.6 Å². The van der Waals surface area contributed by atoms with Crippen LogP contribution in [0.2, 0.25) is 0 Å². The molecule has 0 bridgehead atoms. The lowest BCUT2D eigenvalue weighted by molar-refractivity contribution is -0.142. The fourth-order valence-electron chi connectivity index (χ4n) is 6.51. The number of pyridine rings is 1. The van der Waals surface area contributed by atoms with Gasteiger partial charge in [0.2, 0.25) is 5.91 Å². The molecule has 2 saturated heterocycles. The molecule has 2 aromatic carbocycles. The van der Waals surface area contributed by atoms with E-state index in [0.29, 0.717) is 48.1 Å². The van der Waals surface area contributed by atoms with E-state index in [2.05, 4.69) is 17.2 Å². The Morgan fingerprint density at radius 3 is 2.44 bits per heavy atom. The molecule has 7 rings (SSSR count). The molecule has 1 N–H and O–H groups in total. The van der Waals surface area contributed by atoms with E-state index in [9.17, 15) is 14.3 Å². The number of thiazole rings is 1. The van der Waals surface area contributed by atoms with Crippen molar-refractivity contribution in [2.45, 2.75) is 45.1 Å². The largest absolute Gasteiger partial charge is 0.389 e. The number of β-amino-alcohol motifs (C(OH)–C–C–N with tert-alkyl or cyclic N) is 1. The van der Waals surface area contributed by atoms with Crippen LogP contribution in [-0.2, 0) is 11.2 Å². The fraction of sp³-hybridized carbons (Fsp3) is 0.343. The number of piperidine rings is 1. The zero-order valence-electron chi connectivity index (χ0n) is 25.3. The van der Waals surface area contributed by atoms with Gasteiger partial charge in [0.1, 0.15) is 22.3 Å². The monoisotopic (exact) mass is 627 g/mol. The van der Waals surface area contributed by atoms with Gasteiger partial charge in [-0.1, -0.05) is 19.1 Å². The first-order chi connectivity index (χ1) is 21.8.